The SMILES string of the molecule is CC1C=C2N=C(c3ccccc3)C=C(c3ccccc3)N2N1. The van der Waals surface area contributed by atoms with Gasteiger partial charge in [-0.25, -0.2) is 10.4 Å². The van der Waals surface area contributed by atoms with Crippen molar-refractivity contribution in [1.29, 1.82) is 0 Å². The Morgan fingerprint density at radius 1 is 0.909 bits per heavy atom. The molecule has 1 N–H and O–H groups in total. The van der Waals surface area contributed by atoms with E-state index >= 15 is 0 Å². The van der Waals surface area contributed by atoms with Crippen LogP contribution in [-0.2, 0) is 0 Å². The Hall–Kier alpha value is -2.65. The summed E-state index contributed by atoms with van der Waals surface area (Å²) in [5.74, 6) is 0.965. The van der Waals surface area contributed by atoms with Gasteiger partial charge < -0.3 is 0 Å². The van der Waals surface area contributed by atoms with E-state index in [0.29, 0.717) is 0 Å². The van der Waals surface area contributed by atoms with Crippen LogP contribution in [0, 0.1) is 0 Å². The summed E-state index contributed by atoms with van der Waals surface area (Å²) >= 11 is 0. The highest BCUT2D eigenvalue weighted by Gasteiger charge is 2.27. The summed E-state index contributed by atoms with van der Waals surface area (Å²) in [6.07, 6.45) is 4.30. The quantitative estimate of drug-likeness (QED) is 0.914. The molecule has 22 heavy (non-hydrogen) atoms. The van der Waals surface area contributed by atoms with Crippen LogP contribution in [0.2, 0.25) is 0 Å². The topological polar surface area (TPSA) is 27.6 Å². The average Bonchev–Trinajstić information content (AvgIpc) is 2.95. The summed E-state index contributed by atoms with van der Waals surface area (Å²) in [4.78, 5) is 4.81. The van der Waals surface area contributed by atoms with Crippen LogP contribution in [-0.4, -0.2) is 16.8 Å². The van der Waals surface area contributed by atoms with Crippen molar-refractivity contribution in [1.82, 2.24) is 10.4 Å². The maximum absolute atomic E-state index is 4.81. The van der Waals surface area contributed by atoms with E-state index in [0.717, 1.165) is 22.8 Å². The molecule has 0 saturated carbocycles. The van der Waals surface area contributed by atoms with Gasteiger partial charge >= 0.3 is 0 Å². The zero-order chi connectivity index (χ0) is 14.9. The first-order chi connectivity index (χ1) is 10.8. The first kappa shape index (κ1) is 13.0. The van der Waals surface area contributed by atoms with Crippen molar-refractivity contribution < 1.29 is 0 Å². The maximum Gasteiger partial charge on any atom is 0.145 e. The first-order valence-electron chi connectivity index (χ1n) is 7.50. The standard InChI is InChI=1S/C19H17N3/c1-14-12-19-20-17(15-8-4-2-5-9-15)13-18(22(19)21-14)16-10-6-3-7-11-16/h2-14,21H,1H3. The number of nitrogens with one attached hydrogen (secondary N) is 1. The molecular weight excluding hydrogens is 270 g/mol. The fraction of sp³-hybridized carbons (Fsp3) is 0.105. The van der Waals surface area contributed by atoms with Gasteiger partial charge in [-0.3, -0.25) is 5.01 Å². The normalized spacial score (nSPS) is 20.1. The minimum Gasteiger partial charge on any atom is -0.259 e. The highest BCUT2D eigenvalue weighted by atomic mass is 15.6. The van der Waals surface area contributed by atoms with E-state index in [9.17, 15) is 0 Å². The number of hydrogen-bond donors (Lipinski definition) is 1. The third-order valence-corrected chi connectivity index (χ3v) is 3.85. The molecule has 0 radical (unpaired) electrons. The van der Waals surface area contributed by atoms with E-state index in [2.05, 4.69) is 65.9 Å². The van der Waals surface area contributed by atoms with E-state index in [-0.39, 0.29) is 6.04 Å². The van der Waals surface area contributed by atoms with Crippen LogP contribution in [0.25, 0.3) is 5.70 Å². The summed E-state index contributed by atoms with van der Waals surface area (Å²) in [6, 6.07) is 21.0. The highest BCUT2D eigenvalue weighted by Crippen LogP contribution is 2.30. The van der Waals surface area contributed by atoms with Crippen molar-refractivity contribution in [3.8, 4) is 0 Å². The first-order valence-corrected chi connectivity index (χ1v) is 7.50. The number of allylic oxidation sites excluding steroid dienone is 1. The molecule has 2 aliphatic rings. The monoisotopic (exact) mass is 287 g/mol. The predicted octanol–water partition coefficient (Wildman–Crippen LogP) is 3.58. The fourth-order valence-corrected chi connectivity index (χ4v) is 2.81. The molecule has 108 valence electrons. The number of hydrazine groups is 1. The molecule has 0 amide bonds. The van der Waals surface area contributed by atoms with Crippen molar-refractivity contribution >= 4 is 11.4 Å². The molecule has 3 nitrogen and oxygen atoms in total. The molecular formula is C19H17N3. The Bertz CT molecular complexity index is 773. The Morgan fingerprint density at radius 3 is 2.23 bits per heavy atom. The van der Waals surface area contributed by atoms with Crippen LogP contribution >= 0.6 is 0 Å². The Labute approximate surface area is 130 Å². The lowest BCUT2D eigenvalue weighted by Crippen LogP contribution is -2.36. The van der Waals surface area contributed by atoms with Gasteiger partial charge in [-0.15, -0.1) is 0 Å². The predicted molar refractivity (Wildman–Crippen MR) is 89.9 cm³/mol. The lowest BCUT2D eigenvalue weighted by atomic mass is 10.0. The van der Waals surface area contributed by atoms with Crippen LogP contribution in [0.3, 0.4) is 0 Å². The van der Waals surface area contributed by atoms with Crippen LogP contribution < -0.4 is 5.43 Å². The average molecular weight is 287 g/mol. The number of rotatable bonds is 2. The summed E-state index contributed by atoms with van der Waals surface area (Å²) in [5, 5.41) is 2.08. The van der Waals surface area contributed by atoms with Gasteiger partial charge in [0.1, 0.15) is 5.82 Å². The summed E-state index contributed by atoms with van der Waals surface area (Å²) in [6.45, 7) is 2.13. The maximum atomic E-state index is 4.81. The lowest BCUT2D eigenvalue weighted by molar-refractivity contribution is 0.368. The van der Waals surface area contributed by atoms with Gasteiger partial charge in [-0.2, -0.15) is 0 Å². The van der Waals surface area contributed by atoms with E-state index in [4.69, 9.17) is 4.99 Å². The second-order valence-corrected chi connectivity index (χ2v) is 5.54. The Balaban J connectivity index is 1.84. The molecule has 2 aliphatic heterocycles. The molecule has 0 bridgehead atoms. The largest absolute Gasteiger partial charge is 0.259 e. The minimum atomic E-state index is 0.279. The van der Waals surface area contributed by atoms with Gasteiger partial charge in [0.2, 0.25) is 0 Å². The smallest absolute Gasteiger partial charge is 0.145 e. The van der Waals surface area contributed by atoms with E-state index in [1.165, 1.54) is 5.56 Å². The van der Waals surface area contributed by atoms with Crippen molar-refractivity contribution in [3.05, 3.63) is 89.8 Å². The van der Waals surface area contributed by atoms with Gasteiger partial charge in [0.15, 0.2) is 0 Å². The van der Waals surface area contributed by atoms with Gasteiger partial charge in [-0.05, 0) is 24.6 Å². The molecule has 3 heteroatoms. The molecule has 2 heterocycles. The zero-order valence-electron chi connectivity index (χ0n) is 12.4. The number of fused-ring (bicyclic) bond motifs is 1. The summed E-state index contributed by atoms with van der Waals surface area (Å²) < 4.78 is 0. The number of nitrogens with zero attached hydrogens (tertiary/aromatic N) is 2. The van der Waals surface area contributed by atoms with Crippen LogP contribution in [0.15, 0.2) is 83.6 Å². The van der Waals surface area contributed by atoms with Gasteiger partial charge in [0.25, 0.3) is 0 Å². The van der Waals surface area contributed by atoms with E-state index in [1.54, 1.807) is 0 Å². The van der Waals surface area contributed by atoms with Crippen LogP contribution in [0.4, 0.5) is 0 Å². The summed E-state index contributed by atoms with van der Waals surface area (Å²) in [7, 11) is 0. The molecule has 0 aromatic heterocycles. The Kier molecular flexibility index (Phi) is 3.13. The van der Waals surface area contributed by atoms with Crippen molar-refractivity contribution in [3.63, 3.8) is 0 Å². The molecule has 0 saturated heterocycles. The molecule has 2 aromatic carbocycles. The van der Waals surface area contributed by atoms with Gasteiger partial charge in [0, 0.05) is 11.6 Å². The third-order valence-electron chi connectivity index (χ3n) is 3.85. The highest BCUT2D eigenvalue weighted by molar-refractivity contribution is 6.13. The summed E-state index contributed by atoms with van der Waals surface area (Å²) in [5.41, 5.74) is 7.88. The second-order valence-electron chi connectivity index (χ2n) is 5.54. The Morgan fingerprint density at radius 2 is 1.55 bits per heavy atom. The lowest BCUT2D eigenvalue weighted by Gasteiger charge is -2.28. The zero-order valence-corrected chi connectivity index (χ0v) is 12.4. The van der Waals surface area contributed by atoms with Crippen molar-refractivity contribution in [2.45, 2.75) is 13.0 Å². The number of benzene rings is 2. The molecule has 0 fully saturated rings. The fourth-order valence-electron chi connectivity index (χ4n) is 2.81. The van der Waals surface area contributed by atoms with E-state index < -0.39 is 0 Å². The number of aliphatic imine (C=N–C) groups is 1. The van der Waals surface area contributed by atoms with Crippen molar-refractivity contribution in [2.24, 2.45) is 4.99 Å². The molecule has 2 aromatic rings. The molecule has 0 spiro atoms. The molecule has 4 rings (SSSR count). The second kappa shape index (κ2) is 5.28. The van der Waals surface area contributed by atoms with Crippen LogP contribution in [0.1, 0.15) is 18.1 Å². The van der Waals surface area contributed by atoms with Crippen LogP contribution in [0.5, 0.6) is 0 Å². The molecule has 1 atom stereocenters. The van der Waals surface area contributed by atoms with Gasteiger partial charge in [0.05, 0.1) is 11.4 Å². The molecule has 0 aliphatic carbocycles. The number of hydrogen-bond acceptors (Lipinski definition) is 3. The molecule has 1 unspecified atom stereocenters. The van der Waals surface area contributed by atoms with Gasteiger partial charge in [-0.1, -0.05) is 60.7 Å². The van der Waals surface area contributed by atoms with Crippen molar-refractivity contribution in [2.75, 3.05) is 0 Å². The minimum absolute atomic E-state index is 0.279. The third kappa shape index (κ3) is 2.26. The van der Waals surface area contributed by atoms with E-state index in [1.807, 2.05) is 24.3 Å².